The molecule has 3 rings (SSSR count). The maximum absolute atomic E-state index is 12.5. The quantitative estimate of drug-likeness (QED) is 0.907. The van der Waals surface area contributed by atoms with E-state index in [9.17, 15) is 9.59 Å². The van der Waals surface area contributed by atoms with E-state index in [1.165, 1.54) is 0 Å². The Morgan fingerprint density at radius 1 is 1.25 bits per heavy atom. The van der Waals surface area contributed by atoms with Crippen molar-refractivity contribution in [2.75, 3.05) is 26.2 Å². The molecule has 130 valence electrons. The van der Waals surface area contributed by atoms with E-state index in [4.69, 9.17) is 16.3 Å². The summed E-state index contributed by atoms with van der Waals surface area (Å²) in [6.07, 6.45) is 3.66. The molecular weight excluding hydrogens is 328 g/mol. The molecule has 2 heterocycles. The van der Waals surface area contributed by atoms with Gasteiger partial charge in [0.15, 0.2) is 0 Å². The molecule has 1 atom stereocenters. The van der Waals surface area contributed by atoms with Crippen LogP contribution >= 0.6 is 11.6 Å². The summed E-state index contributed by atoms with van der Waals surface area (Å²) in [7, 11) is 0. The Morgan fingerprint density at radius 3 is 2.71 bits per heavy atom. The number of likely N-dealkylation sites (tertiary alicyclic amines) is 1. The van der Waals surface area contributed by atoms with Crippen LogP contribution in [-0.4, -0.2) is 49.1 Å². The first-order chi connectivity index (χ1) is 11.6. The molecule has 0 radical (unpaired) electrons. The van der Waals surface area contributed by atoms with Gasteiger partial charge in [-0.2, -0.15) is 0 Å². The van der Waals surface area contributed by atoms with Crippen LogP contribution in [0.15, 0.2) is 24.3 Å². The molecule has 0 spiro atoms. The molecule has 0 saturated carbocycles. The van der Waals surface area contributed by atoms with Gasteiger partial charge in [-0.1, -0.05) is 17.7 Å². The maximum atomic E-state index is 12.5. The number of halogens is 1. The minimum absolute atomic E-state index is 0.0179. The number of nitrogens with one attached hydrogen (secondary N) is 1. The van der Waals surface area contributed by atoms with Crippen molar-refractivity contribution in [1.29, 1.82) is 0 Å². The van der Waals surface area contributed by atoms with Gasteiger partial charge in [-0.3, -0.25) is 9.59 Å². The fraction of sp³-hybridized carbons (Fsp3) is 0.556. The fourth-order valence-electron chi connectivity index (χ4n) is 3.31. The van der Waals surface area contributed by atoms with Crippen LogP contribution in [0.3, 0.4) is 0 Å². The smallest absolute Gasteiger partial charge is 0.253 e. The Hall–Kier alpha value is -1.59. The van der Waals surface area contributed by atoms with Gasteiger partial charge in [0.2, 0.25) is 5.91 Å². The third kappa shape index (κ3) is 4.28. The van der Waals surface area contributed by atoms with Gasteiger partial charge in [0, 0.05) is 42.7 Å². The minimum Gasteiger partial charge on any atom is -0.376 e. The first-order valence-corrected chi connectivity index (χ1v) is 8.95. The molecule has 1 aromatic rings. The first kappa shape index (κ1) is 17.2. The van der Waals surface area contributed by atoms with Crippen LogP contribution in [0.5, 0.6) is 0 Å². The highest BCUT2D eigenvalue weighted by Crippen LogP contribution is 2.21. The van der Waals surface area contributed by atoms with Crippen LogP contribution in [-0.2, 0) is 9.53 Å². The standard InChI is InChI=1S/C18H23ClN2O3/c19-15-4-1-3-14(11-15)18(23)21-8-6-13(7-9-21)17(22)20-12-16-5-2-10-24-16/h1,3-4,11,13,16H,2,5-10,12H2,(H,20,22)/t16-/m0/s1. The van der Waals surface area contributed by atoms with E-state index in [1.54, 1.807) is 29.2 Å². The third-order valence-electron chi connectivity index (χ3n) is 4.75. The molecule has 0 aliphatic carbocycles. The number of ether oxygens (including phenoxy) is 1. The Kier molecular flexibility index (Phi) is 5.74. The molecule has 2 saturated heterocycles. The van der Waals surface area contributed by atoms with Crippen molar-refractivity contribution >= 4 is 23.4 Å². The molecule has 24 heavy (non-hydrogen) atoms. The zero-order valence-electron chi connectivity index (χ0n) is 13.7. The number of carbonyl (C=O) groups excluding carboxylic acids is 2. The number of amides is 2. The molecule has 0 bridgehead atoms. The highest BCUT2D eigenvalue weighted by atomic mass is 35.5. The number of piperidine rings is 1. The number of hydrogen-bond donors (Lipinski definition) is 1. The summed E-state index contributed by atoms with van der Waals surface area (Å²) < 4.78 is 5.52. The summed E-state index contributed by atoms with van der Waals surface area (Å²) >= 11 is 5.95. The van der Waals surface area contributed by atoms with Crippen molar-refractivity contribution in [2.45, 2.75) is 31.8 Å². The highest BCUT2D eigenvalue weighted by Gasteiger charge is 2.28. The summed E-state index contributed by atoms with van der Waals surface area (Å²) in [6.45, 7) is 2.59. The molecule has 2 aliphatic heterocycles. The summed E-state index contributed by atoms with van der Waals surface area (Å²) in [5.41, 5.74) is 0.601. The second-order valence-electron chi connectivity index (χ2n) is 6.46. The number of nitrogens with zero attached hydrogens (tertiary/aromatic N) is 1. The normalized spacial score (nSPS) is 21.7. The lowest BCUT2D eigenvalue weighted by atomic mass is 9.95. The van der Waals surface area contributed by atoms with Gasteiger partial charge < -0.3 is 15.0 Å². The molecule has 2 aliphatic rings. The van der Waals surface area contributed by atoms with Gasteiger partial charge in [-0.05, 0) is 43.9 Å². The molecule has 2 fully saturated rings. The molecule has 0 unspecified atom stereocenters. The van der Waals surface area contributed by atoms with Crippen LogP contribution in [0, 0.1) is 5.92 Å². The maximum Gasteiger partial charge on any atom is 0.253 e. The van der Waals surface area contributed by atoms with Crippen LogP contribution in [0.2, 0.25) is 5.02 Å². The monoisotopic (exact) mass is 350 g/mol. The lowest BCUT2D eigenvalue weighted by molar-refractivity contribution is -0.126. The van der Waals surface area contributed by atoms with Crippen LogP contribution in [0.1, 0.15) is 36.0 Å². The SMILES string of the molecule is O=C(NC[C@@H]1CCCO1)C1CCN(C(=O)c2cccc(Cl)c2)CC1. The summed E-state index contributed by atoms with van der Waals surface area (Å²) in [6, 6.07) is 6.99. The Labute approximate surface area is 147 Å². The molecule has 2 amide bonds. The second-order valence-corrected chi connectivity index (χ2v) is 6.89. The summed E-state index contributed by atoms with van der Waals surface area (Å²) in [4.78, 5) is 26.5. The van der Waals surface area contributed by atoms with Crippen LogP contribution in [0.25, 0.3) is 0 Å². The van der Waals surface area contributed by atoms with E-state index in [-0.39, 0.29) is 23.8 Å². The average molecular weight is 351 g/mol. The van der Waals surface area contributed by atoms with Crippen molar-refractivity contribution in [1.82, 2.24) is 10.2 Å². The average Bonchev–Trinajstić information content (AvgIpc) is 3.13. The molecular formula is C18H23ClN2O3. The van der Waals surface area contributed by atoms with Gasteiger partial charge in [0.1, 0.15) is 0 Å². The van der Waals surface area contributed by atoms with Crippen molar-refractivity contribution < 1.29 is 14.3 Å². The third-order valence-corrected chi connectivity index (χ3v) is 4.99. The van der Waals surface area contributed by atoms with Crippen molar-refractivity contribution in [3.8, 4) is 0 Å². The number of rotatable bonds is 4. The molecule has 5 nitrogen and oxygen atoms in total. The lowest BCUT2D eigenvalue weighted by Gasteiger charge is -2.31. The highest BCUT2D eigenvalue weighted by molar-refractivity contribution is 6.30. The zero-order chi connectivity index (χ0) is 16.9. The molecule has 1 aromatic carbocycles. The van der Waals surface area contributed by atoms with Crippen molar-refractivity contribution in [2.24, 2.45) is 5.92 Å². The Balaban J connectivity index is 1.46. The van der Waals surface area contributed by atoms with Gasteiger partial charge in [0.25, 0.3) is 5.91 Å². The van der Waals surface area contributed by atoms with E-state index >= 15 is 0 Å². The Morgan fingerprint density at radius 2 is 2.04 bits per heavy atom. The Bertz CT molecular complexity index is 594. The topological polar surface area (TPSA) is 58.6 Å². The van der Waals surface area contributed by atoms with Crippen LogP contribution < -0.4 is 5.32 Å². The minimum atomic E-state index is -0.0187. The van der Waals surface area contributed by atoms with Gasteiger partial charge >= 0.3 is 0 Å². The molecule has 0 aromatic heterocycles. The van der Waals surface area contributed by atoms with Crippen LogP contribution in [0.4, 0.5) is 0 Å². The summed E-state index contributed by atoms with van der Waals surface area (Å²) in [5.74, 6) is 0.0471. The largest absolute Gasteiger partial charge is 0.376 e. The zero-order valence-corrected chi connectivity index (χ0v) is 14.4. The van der Waals surface area contributed by atoms with Gasteiger partial charge in [0.05, 0.1) is 6.10 Å². The van der Waals surface area contributed by atoms with Crippen molar-refractivity contribution in [3.05, 3.63) is 34.9 Å². The van der Waals surface area contributed by atoms with Crippen molar-refractivity contribution in [3.63, 3.8) is 0 Å². The first-order valence-electron chi connectivity index (χ1n) is 8.57. The summed E-state index contributed by atoms with van der Waals surface area (Å²) in [5, 5.41) is 3.55. The predicted octanol–water partition coefficient (Wildman–Crippen LogP) is 2.49. The van der Waals surface area contributed by atoms with Gasteiger partial charge in [-0.25, -0.2) is 0 Å². The van der Waals surface area contributed by atoms with E-state index in [0.29, 0.717) is 43.1 Å². The van der Waals surface area contributed by atoms with E-state index in [2.05, 4.69) is 5.32 Å². The van der Waals surface area contributed by atoms with E-state index in [0.717, 1.165) is 19.4 Å². The second kappa shape index (κ2) is 7.99. The molecule has 1 N–H and O–H groups in total. The van der Waals surface area contributed by atoms with Gasteiger partial charge in [-0.15, -0.1) is 0 Å². The predicted molar refractivity (Wildman–Crippen MR) is 92.1 cm³/mol. The fourth-order valence-corrected chi connectivity index (χ4v) is 3.50. The number of carbonyl (C=O) groups is 2. The lowest BCUT2D eigenvalue weighted by Crippen LogP contribution is -2.44. The number of hydrogen-bond acceptors (Lipinski definition) is 3. The van der Waals surface area contributed by atoms with E-state index < -0.39 is 0 Å². The number of benzene rings is 1. The molecule has 6 heteroatoms. The van der Waals surface area contributed by atoms with E-state index in [1.807, 2.05) is 0 Å².